The summed E-state index contributed by atoms with van der Waals surface area (Å²) in [5.41, 5.74) is 1.94. The molecule has 21 heavy (non-hydrogen) atoms. The molecule has 0 spiro atoms. The standard InChI is InChI=1S/C17H14F2O2/c1-10-3-2-4-12-8-16(21-17(10)12)15(20)7-11-5-6-13(18)9-14(11)19/h2-6,8-9,15,20H,7H2,1H3. The number of hydrogen-bond acceptors (Lipinski definition) is 2. The zero-order chi connectivity index (χ0) is 15.0. The normalized spacial score (nSPS) is 12.8. The van der Waals surface area contributed by atoms with Gasteiger partial charge in [-0.1, -0.05) is 24.3 Å². The van der Waals surface area contributed by atoms with Crippen LogP contribution in [-0.2, 0) is 6.42 Å². The minimum absolute atomic E-state index is 0.0327. The summed E-state index contributed by atoms with van der Waals surface area (Å²) in [6.45, 7) is 1.92. The largest absolute Gasteiger partial charge is 0.458 e. The van der Waals surface area contributed by atoms with Crippen LogP contribution in [0.5, 0.6) is 0 Å². The number of aryl methyl sites for hydroxylation is 1. The molecule has 0 aliphatic rings. The molecule has 2 nitrogen and oxygen atoms in total. The summed E-state index contributed by atoms with van der Waals surface area (Å²) >= 11 is 0. The van der Waals surface area contributed by atoms with Crippen LogP contribution in [0.25, 0.3) is 11.0 Å². The van der Waals surface area contributed by atoms with Crippen molar-refractivity contribution in [3.8, 4) is 0 Å². The molecule has 1 N–H and O–H groups in total. The number of aliphatic hydroxyl groups excluding tert-OH is 1. The maximum absolute atomic E-state index is 13.6. The number of fused-ring (bicyclic) bond motifs is 1. The Morgan fingerprint density at radius 2 is 1.95 bits per heavy atom. The van der Waals surface area contributed by atoms with Crippen molar-refractivity contribution in [1.29, 1.82) is 0 Å². The molecule has 0 saturated heterocycles. The van der Waals surface area contributed by atoms with Crippen molar-refractivity contribution in [3.05, 3.63) is 71.0 Å². The summed E-state index contributed by atoms with van der Waals surface area (Å²) in [5, 5.41) is 11.1. The fourth-order valence-corrected chi connectivity index (χ4v) is 2.39. The van der Waals surface area contributed by atoms with Gasteiger partial charge in [-0.25, -0.2) is 8.78 Å². The van der Waals surface area contributed by atoms with E-state index in [2.05, 4.69) is 0 Å². The molecule has 1 unspecified atom stereocenters. The molecule has 1 atom stereocenters. The van der Waals surface area contributed by atoms with E-state index < -0.39 is 17.7 Å². The Morgan fingerprint density at radius 1 is 1.14 bits per heavy atom. The van der Waals surface area contributed by atoms with Crippen LogP contribution in [0.1, 0.15) is 23.0 Å². The molecule has 0 amide bonds. The van der Waals surface area contributed by atoms with E-state index in [9.17, 15) is 13.9 Å². The molecular weight excluding hydrogens is 274 g/mol. The van der Waals surface area contributed by atoms with Gasteiger partial charge in [0.05, 0.1) is 0 Å². The van der Waals surface area contributed by atoms with E-state index in [0.29, 0.717) is 11.3 Å². The summed E-state index contributed by atoms with van der Waals surface area (Å²) in [6.07, 6.45) is -0.943. The van der Waals surface area contributed by atoms with Crippen LogP contribution in [0, 0.1) is 18.6 Å². The van der Waals surface area contributed by atoms with Crippen molar-refractivity contribution in [2.24, 2.45) is 0 Å². The molecule has 1 aromatic heterocycles. The van der Waals surface area contributed by atoms with Crippen LogP contribution in [0.4, 0.5) is 8.78 Å². The second kappa shape index (κ2) is 5.30. The zero-order valence-corrected chi connectivity index (χ0v) is 11.4. The molecule has 0 radical (unpaired) electrons. The second-order valence-corrected chi connectivity index (χ2v) is 5.10. The van der Waals surface area contributed by atoms with Gasteiger partial charge in [0.1, 0.15) is 29.1 Å². The summed E-state index contributed by atoms with van der Waals surface area (Å²) in [4.78, 5) is 0. The molecule has 1 heterocycles. The third-order valence-corrected chi connectivity index (χ3v) is 3.52. The number of furan rings is 1. The average molecular weight is 288 g/mol. The van der Waals surface area contributed by atoms with Gasteiger partial charge in [-0.15, -0.1) is 0 Å². The molecule has 0 aliphatic heterocycles. The topological polar surface area (TPSA) is 33.4 Å². The van der Waals surface area contributed by atoms with Gasteiger partial charge in [0, 0.05) is 17.9 Å². The van der Waals surface area contributed by atoms with Crippen LogP contribution in [0.3, 0.4) is 0 Å². The van der Waals surface area contributed by atoms with E-state index in [1.165, 1.54) is 12.1 Å². The van der Waals surface area contributed by atoms with Gasteiger partial charge in [-0.2, -0.15) is 0 Å². The Hall–Kier alpha value is -2.20. The first-order valence-electron chi connectivity index (χ1n) is 6.65. The highest BCUT2D eigenvalue weighted by atomic mass is 19.1. The third kappa shape index (κ3) is 2.67. The van der Waals surface area contributed by atoms with E-state index in [1.807, 2.05) is 25.1 Å². The first kappa shape index (κ1) is 13.8. The Bertz CT molecular complexity index is 793. The Balaban J connectivity index is 1.90. The van der Waals surface area contributed by atoms with E-state index in [1.54, 1.807) is 6.07 Å². The number of rotatable bonds is 3. The lowest BCUT2D eigenvalue weighted by Gasteiger charge is -2.08. The fourth-order valence-electron chi connectivity index (χ4n) is 2.39. The summed E-state index contributed by atoms with van der Waals surface area (Å²) in [7, 11) is 0. The molecule has 3 aromatic rings. The SMILES string of the molecule is Cc1cccc2cc(C(O)Cc3ccc(F)cc3F)oc12. The highest BCUT2D eigenvalue weighted by Gasteiger charge is 2.17. The predicted molar refractivity (Wildman–Crippen MR) is 76.0 cm³/mol. The van der Waals surface area contributed by atoms with Gasteiger partial charge >= 0.3 is 0 Å². The molecule has 108 valence electrons. The maximum atomic E-state index is 13.6. The maximum Gasteiger partial charge on any atom is 0.137 e. The fraction of sp³-hybridized carbons (Fsp3) is 0.176. The summed E-state index contributed by atoms with van der Waals surface area (Å²) < 4.78 is 32.1. The van der Waals surface area contributed by atoms with Crippen LogP contribution in [0.2, 0.25) is 0 Å². The minimum atomic E-state index is -0.975. The number of aliphatic hydroxyl groups is 1. The van der Waals surface area contributed by atoms with Gasteiger partial charge in [0.25, 0.3) is 0 Å². The van der Waals surface area contributed by atoms with Crippen molar-refractivity contribution in [2.45, 2.75) is 19.4 Å². The van der Waals surface area contributed by atoms with Crippen LogP contribution in [-0.4, -0.2) is 5.11 Å². The lowest BCUT2D eigenvalue weighted by molar-refractivity contribution is 0.151. The van der Waals surface area contributed by atoms with E-state index in [0.717, 1.165) is 17.0 Å². The van der Waals surface area contributed by atoms with Gasteiger partial charge in [-0.3, -0.25) is 0 Å². The van der Waals surface area contributed by atoms with E-state index >= 15 is 0 Å². The van der Waals surface area contributed by atoms with E-state index in [4.69, 9.17) is 4.42 Å². The molecule has 0 fully saturated rings. The van der Waals surface area contributed by atoms with Crippen LogP contribution >= 0.6 is 0 Å². The quantitative estimate of drug-likeness (QED) is 0.779. The molecule has 4 heteroatoms. The van der Waals surface area contributed by atoms with Gasteiger partial charge in [0.2, 0.25) is 0 Å². The van der Waals surface area contributed by atoms with Crippen molar-refractivity contribution in [1.82, 2.24) is 0 Å². The first-order chi connectivity index (χ1) is 10.0. The summed E-state index contributed by atoms with van der Waals surface area (Å²) in [5.74, 6) is -0.922. The van der Waals surface area contributed by atoms with Crippen molar-refractivity contribution >= 4 is 11.0 Å². The van der Waals surface area contributed by atoms with Crippen molar-refractivity contribution < 1.29 is 18.3 Å². The van der Waals surface area contributed by atoms with Crippen molar-refractivity contribution in [2.75, 3.05) is 0 Å². The Morgan fingerprint density at radius 3 is 2.67 bits per heavy atom. The second-order valence-electron chi connectivity index (χ2n) is 5.10. The number of benzene rings is 2. The number of hydrogen-bond donors (Lipinski definition) is 1. The van der Waals surface area contributed by atoms with Crippen LogP contribution < -0.4 is 0 Å². The zero-order valence-electron chi connectivity index (χ0n) is 11.4. The van der Waals surface area contributed by atoms with E-state index in [-0.39, 0.29) is 12.0 Å². The molecular formula is C17H14F2O2. The third-order valence-electron chi connectivity index (χ3n) is 3.52. The van der Waals surface area contributed by atoms with Gasteiger partial charge in [0.15, 0.2) is 0 Å². The molecule has 0 bridgehead atoms. The van der Waals surface area contributed by atoms with Crippen molar-refractivity contribution in [3.63, 3.8) is 0 Å². The monoisotopic (exact) mass is 288 g/mol. The highest BCUT2D eigenvalue weighted by molar-refractivity contribution is 5.80. The van der Waals surface area contributed by atoms with Gasteiger partial charge < -0.3 is 9.52 Å². The minimum Gasteiger partial charge on any atom is -0.458 e. The highest BCUT2D eigenvalue weighted by Crippen LogP contribution is 2.28. The van der Waals surface area contributed by atoms with Crippen LogP contribution in [0.15, 0.2) is 46.9 Å². The smallest absolute Gasteiger partial charge is 0.137 e. The molecule has 2 aromatic carbocycles. The molecule has 0 aliphatic carbocycles. The number of halogens is 2. The lowest BCUT2D eigenvalue weighted by atomic mass is 10.1. The Labute approximate surface area is 120 Å². The van der Waals surface area contributed by atoms with Gasteiger partial charge in [-0.05, 0) is 30.2 Å². The molecule has 0 saturated carbocycles. The summed E-state index contributed by atoms with van der Waals surface area (Å²) in [6, 6.07) is 10.8. The number of para-hydroxylation sites is 1. The lowest BCUT2D eigenvalue weighted by Crippen LogP contribution is -2.02. The predicted octanol–water partition coefficient (Wildman–Crippen LogP) is 4.30. The Kier molecular flexibility index (Phi) is 3.47. The first-order valence-corrected chi connectivity index (χ1v) is 6.65. The molecule has 3 rings (SSSR count). The average Bonchev–Trinajstić information content (AvgIpc) is 2.87.